The Balaban J connectivity index is 2.29. The maximum atomic E-state index is 6.21. The van der Waals surface area contributed by atoms with E-state index in [-0.39, 0.29) is 0 Å². The first kappa shape index (κ1) is 15.1. The average Bonchev–Trinajstić information content (AvgIpc) is 2.47. The molecule has 1 aromatic heterocycles. The smallest absolute Gasteiger partial charge is 0.133 e. The van der Waals surface area contributed by atoms with Crippen LogP contribution in [0, 0.1) is 0 Å². The fourth-order valence-electron chi connectivity index (χ4n) is 1.83. The van der Waals surface area contributed by atoms with Crippen LogP contribution in [0.1, 0.15) is 25.8 Å². The molecule has 20 heavy (non-hydrogen) atoms. The van der Waals surface area contributed by atoms with E-state index in [9.17, 15) is 0 Å². The second kappa shape index (κ2) is 7.50. The zero-order chi connectivity index (χ0) is 14.4. The van der Waals surface area contributed by atoms with E-state index < -0.39 is 0 Å². The van der Waals surface area contributed by atoms with E-state index in [2.05, 4.69) is 29.1 Å². The number of rotatable bonds is 6. The van der Waals surface area contributed by atoms with Crippen LogP contribution in [-0.2, 0) is 6.42 Å². The van der Waals surface area contributed by atoms with E-state index in [1.807, 2.05) is 24.3 Å². The third kappa shape index (κ3) is 3.64. The lowest BCUT2D eigenvalue weighted by Gasteiger charge is -2.12. The van der Waals surface area contributed by atoms with Gasteiger partial charge in [-0.05, 0) is 25.0 Å². The average molecular weight is 308 g/mol. The molecule has 0 saturated heterocycles. The van der Waals surface area contributed by atoms with Crippen LogP contribution in [0.3, 0.4) is 0 Å². The fourth-order valence-corrected chi connectivity index (χ4v) is 3.07. The monoisotopic (exact) mass is 307 g/mol. The third-order valence-corrected chi connectivity index (χ3v) is 4.41. The van der Waals surface area contributed by atoms with Crippen molar-refractivity contribution in [2.24, 2.45) is 0 Å². The van der Waals surface area contributed by atoms with E-state index >= 15 is 0 Å². The summed E-state index contributed by atoms with van der Waals surface area (Å²) in [4.78, 5) is 9.77. The summed E-state index contributed by atoms with van der Waals surface area (Å²) in [7, 11) is 0. The van der Waals surface area contributed by atoms with Crippen LogP contribution < -0.4 is 5.32 Å². The van der Waals surface area contributed by atoms with Crippen LogP contribution in [0.25, 0.3) is 0 Å². The van der Waals surface area contributed by atoms with Crippen LogP contribution in [-0.4, -0.2) is 16.5 Å². The summed E-state index contributed by atoms with van der Waals surface area (Å²) in [6, 6.07) is 7.82. The molecular weight excluding hydrogens is 290 g/mol. The van der Waals surface area contributed by atoms with Crippen molar-refractivity contribution in [2.75, 3.05) is 11.9 Å². The van der Waals surface area contributed by atoms with Crippen molar-refractivity contribution in [3.05, 3.63) is 41.2 Å². The zero-order valence-corrected chi connectivity index (χ0v) is 13.3. The van der Waals surface area contributed by atoms with Gasteiger partial charge in [-0.2, -0.15) is 0 Å². The van der Waals surface area contributed by atoms with Gasteiger partial charge in [-0.1, -0.05) is 49.3 Å². The molecular formula is C15H18ClN3S. The number of nitrogens with one attached hydrogen (secondary N) is 1. The number of anilines is 1. The van der Waals surface area contributed by atoms with Gasteiger partial charge in [0.05, 0.1) is 5.02 Å². The van der Waals surface area contributed by atoms with Crippen molar-refractivity contribution >= 4 is 29.2 Å². The van der Waals surface area contributed by atoms with E-state index in [0.29, 0.717) is 0 Å². The largest absolute Gasteiger partial charge is 0.370 e. The van der Waals surface area contributed by atoms with Crippen LogP contribution in [0.5, 0.6) is 0 Å². The maximum Gasteiger partial charge on any atom is 0.133 e. The Labute approximate surface area is 129 Å². The molecule has 1 heterocycles. The van der Waals surface area contributed by atoms with Gasteiger partial charge in [0.1, 0.15) is 17.2 Å². The molecule has 0 amide bonds. The Morgan fingerprint density at radius 2 is 2.00 bits per heavy atom. The van der Waals surface area contributed by atoms with Crippen LogP contribution in [0.2, 0.25) is 5.02 Å². The molecule has 0 spiro atoms. The first-order valence-corrected chi connectivity index (χ1v) is 7.95. The molecule has 0 aliphatic carbocycles. The zero-order valence-electron chi connectivity index (χ0n) is 11.7. The number of hydrogen-bond acceptors (Lipinski definition) is 4. The predicted octanol–water partition coefficient (Wildman–Crippen LogP) is 4.67. The second-order valence-electron chi connectivity index (χ2n) is 4.32. The van der Waals surface area contributed by atoms with E-state index in [0.717, 1.165) is 45.7 Å². The lowest BCUT2D eigenvalue weighted by Crippen LogP contribution is -2.06. The second-order valence-corrected chi connectivity index (χ2v) is 5.76. The highest BCUT2D eigenvalue weighted by atomic mass is 35.5. The van der Waals surface area contributed by atoms with Gasteiger partial charge in [0.2, 0.25) is 0 Å². The Bertz CT molecular complexity index is 575. The number of aromatic nitrogens is 2. The minimum Gasteiger partial charge on any atom is -0.370 e. The summed E-state index contributed by atoms with van der Waals surface area (Å²) in [5.41, 5.74) is 1.14. The summed E-state index contributed by atoms with van der Waals surface area (Å²) < 4.78 is 0. The molecule has 0 aliphatic heterocycles. The lowest BCUT2D eigenvalue weighted by atomic mass is 10.2. The maximum absolute atomic E-state index is 6.21. The van der Waals surface area contributed by atoms with Gasteiger partial charge in [0, 0.05) is 17.0 Å². The van der Waals surface area contributed by atoms with Crippen LogP contribution in [0.4, 0.5) is 5.82 Å². The van der Waals surface area contributed by atoms with Crippen LogP contribution >= 0.6 is 23.4 Å². The van der Waals surface area contributed by atoms with Gasteiger partial charge in [-0.3, -0.25) is 0 Å². The van der Waals surface area contributed by atoms with Gasteiger partial charge >= 0.3 is 0 Å². The van der Waals surface area contributed by atoms with Crippen molar-refractivity contribution in [1.29, 1.82) is 0 Å². The summed E-state index contributed by atoms with van der Waals surface area (Å²) in [5.74, 6) is 0.930. The molecule has 106 valence electrons. The molecule has 3 nitrogen and oxygen atoms in total. The van der Waals surface area contributed by atoms with Crippen molar-refractivity contribution in [1.82, 2.24) is 9.97 Å². The highest BCUT2D eigenvalue weighted by molar-refractivity contribution is 7.99. The topological polar surface area (TPSA) is 37.8 Å². The highest BCUT2D eigenvalue weighted by Crippen LogP contribution is 2.35. The van der Waals surface area contributed by atoms with Crippen molar-refractivity contribution in [3.63, 3.8) is 0 Å². The van der Waals surface area contributed by atoms with E-state index in [4.69, 9.17) is 11.6 Å². The molecule has 0 saturated carbocycles. The normalized spacial score (nSPS) is 10.6. The molecule has 0 atom stereocenters. The molecule has 0 aliphatic rings. The van der Waals surface area contributed by atoms with Gasteiger partial charge < -0.3 is 5.32 Å². The standard InChI is InChI=1S/C15H18ClN3S/c1-3-9-17-14-11(4-2)15(19-10-18-14)20-13-8-6-5-7-12(13)16/h5-8,10H,3-4,9H2,1-2H3,(H,17,18,19). The predicted molar refractivity (Wildman–Crippen MR) is 85.8 cm³/mol. The van der Waals surface area contributed by atoms with E-state index in [1.54, 1.807) is 18.1 Å². The number of halogens is 1. The molecule has 0 bridgehead atoms. The molecule has 2 aromatic rings. The Kier molecular flexibility index (Phi) is 5.68. The number of nitrogens with zero attached hydrogens (tertiary/aromatic N) is 2. The molecule has 5 heteroatoms. The van der Waals surface area contributed by atoms with Gasteiger partial charge in [-0.25, -0.2) is 9.97 Å². The first-order chi connectivity index (χ1) is 9.76. The Hall–Kier alpha value is -1.26. The molecule has 1 N–H and O–H groups in total. The van der Waals surface area contributed by atoms with Crippen molar-refractivity contribution < 1.29 is 0 Å². The quantitative estimate of drug-likeness (QED) is 0.787. The minimum atomic E-state index is 0.751. The van der Waals surface area contributed by atoms with Crippen LogP contribution in [0.15, 0.2) is 40.5 Å². The Morgan fingerprint density at radius 3 is 2.70 bits per heavy atom. The molecule has 0 unspecified atom stereocenters. The lowest BCUT2D eigenvalue weighted by molar-refractivity contribution is 0.911. The highest BCUT2D eigenvalue weighted by Gasteiger charge is 2.12. The molecule has 2 rings (SSSR count). The SMILES string of the molecule is CCCNc1ncnc(Sc2ccccc2Cl)c1CC. The molecule has 1 aromatic carbocycles. The molecule has 0 radical (unpaired) electrons. The Morgan fingerprint density at radius 1 is 1.20 bits per heavy atom. The number of benzene rings is 1. The van der Waals surface area contributed by atoms with Gasteiger partial charge in [0.25, 0.3) is 0 Å². The minimum absolute atomic E-state index is 0.751. The molecule has 0 fully saturated rings. The third-order valence-electron chi connectivity index (χ3n) is 2.85. The van der Waals surface area contributed by atoms with E-state index in [1.165, 1.54) is 0 Å². The fraction of sp³-hybridized carbons (Fsp3) is 0.333. The van der Waals surface area contributed by atoms with Crippen molar-refractivity contribution in [3.8, 4) is 0 Å². The van der Waals surface area contributed by atoms with Gasteiger partial charge in [0.15, 0.2) is 0 Å². The summed E-state index contributed by atoms with van der Waals surface area (Å²) in [6.45, 7) is 5.17. The summed E-state index contributed by atoms with van der Waals surface area (Å²) >= 11 is 7.80. The summed E-state index contributed by atoms with van der Waals surface area (Å²) in [6.07, 6.45) is 3.57. The van der Waals surface area contributed by atoms with Crippen molar-refractivity contribution in [2.45, 2.75) is 36.6 Å². The summed E-state index contributed by atoms with van der Waals surface area (Å²) in [5, 5.41) is 5.08. The number of hydrogen-bond donors (Lipinski definition) is 1. The first-order valence-electron chi connectivity index (χ1n) is 6.76. The van der Waals surface area contributed by atoms with Gasteiger partial charge in [-0.15, -0.1) is 0 Å².